The number of aryl methyl sites for hydroxylation is 2. The van der Waals surface area contributed by atoms with Crippen molar-refractivity contribution in [2.75, 3.05) is 19.8 Å². The minimum Gasteiger partial charge on any atom is -0.380 e. The largest absolute Gasteiger partial charge is 0.380 e. The minimum atomic E-state index is 0.778. The molecule has 80 valence electrons. The highest BCUT2D eigenvalue weighted by Crippen LogP contribution is 2.15. The number of nitrogens with zero attached hydrogens (tertiary/aromatic N) is 1. The molecule has 0 aliphatic carbocycles. The number of nitrogens with one attached hydrogen (secondary N) is 1. The number of hydrogen-bond donors (Lipinski definition) is 1. The Balaban J connectivity index is 2.18. The molecule has 0 saturated heterocycles. The van der Waals surface area contributed by atoms with Gasteiger partial charge in [-0.25, -0.2) is 4.98 Å². The normalized spacial score (nSPS) is 10.8. The molecule has 4 heteroatoms. The molecule has 1 aromatic rings. The number of hydrogen-bond acceptors (Lipinski definition) is 4. The molecule has 0 unspecified atom stereocenters. The van der Waals surface area contributed by atoms with Gasteiger partial charge in [0, 0.05) is 24.6 Å². The van der Waals surface area contributed by atoms with E-state index in [-0.39, 0.29) is 0 Å². The summed E-state index contributed by atoms with van der Waals surface area (Å²) in [5.41, 5.74) is 1.15. The molecule has 0 fully saturated rings. The summed E-state index contributed by atoms with van der Waals surface area (Å²) in [4.78, 5) is 5.75. The molecule has 0 bridgehead atoms. The van der Waals surface area contributed by atoms with Crippen LogP contribution in [0.15, 0.2) is 0 Å². The molecule has 1 aromatic heterocycles. The lowest BCUT2D eigenvalue weighted by molar-refractivity contribution is 0.149. The molecule has 0 saturated carbocycles. The average molecular weight is 214 g/mol. The van der Waals surface area contributed by atoms with Gasteiger partial charge in [-0.2, -0.15) is 0 Å². The van der Waals surface area contributed by atoms with Crippen LogP contribution in [-0.2, 0) is 11.3 Å². The second-order valence-corrected chi connectivity index (χ2v) is 4.41. The molecule has 0 aliphatic heterocycles. The average Bonchev–Trinajstić information content (AvgIpc) is 2.46. The smallest absolute Gasteiger partial charge is 0.107 e. The van der Waals surface area contributed by atoms with Gasteiger partial charge in [0.05, 0.1) is 12.3 Å². The molecule has 0 amide bonds. The summed E-state index contributed by atoms with van der Waals surface area (Å²) in [6, 6.07) is 0. The van der Waals surface area contributed by atoms with Crippen molar-refractivity contribution in [1.29, 1.82) is 0 Å². The van der Waals surface area contributed by atoms with E-state index in [4.69, 9.17) is 4.74 Å². The zero-order valence-electron chi connectivity index (χ0n) is 9.09. The third-order valence-corrected chi connectivity index (χ3v) is 3.05. The van der Waals surface area contributed by atoms with Crippen LogP contribution in [0.2, 0.25) is 0 Å². The van der Waals surface area contributed by atoms with E-state index < -0.39 is 0 Å². The second kappa shape index (κ2) is 6.11. The highest BCUT2D eigenvalue weighted by Gasteiger charge is 2.01. The maximum atomic E-state index is 5.22. The maximum absolute atomic E-state index is 5.22. The van der Waals surface area contributed by atoms with Gasteiger partial charge in [-0.1, -0.05) is 0 Å². The monoisotopic (exact) mass is 214 g/mol. The summed E-state index contributed by atoms with van der Waals surface area (Å²) in [5, 5.41) is 4.46. The third kappa shape index (κ3) is 3.74. The van der Waals surface area contributed by atoms with Crippen LogP contribution >= 0.6 is 11.3 Å². The van der Waals surface area contributed by atoms with Gasteiger partial charge in [-0.3, -0.25) is 0 Å². The van der Waals surface area contributed by atoms with Gasteiger partial charge in [0.2, 0.25) is 0 Å². The SMILES string of the molecule is CCOCCNCc1nc(C)c(C)s1. The molecule has 0 spiro atoms. The summed E-state index contributed by atoms with van der Waals surface area (Å²) >= 11 is 1.76. The van der Waals surface area contributed by atoms with Gasteiger partial charge in [0.25, 0.3) is 0 Å². The van der Waals surface area contributed by atoms with E-state index in [1.165, 1.54) is 4.88 Å². The van der Waals surface area contributed by atoms with E-state index >= 15 is 0 Å². The topological polar surface area (TPSA) is 34.1 Å². The van der Waals surface area contributed by atoms with Gasteiger partial charge in [0.15, 0.2) is 0 Å². The molecule has 14 heavy (non-hydrogen) atoms. The highest BCUT2D eigenvalue weighted by molar-refractivity contribution is 7.11. The Labute approximate surface area is 89.5 Å². The minimum absolute atomic E-state index is 0.778. The van der Waals surface area contributed by atoms with Crippen molar-refractivity contribution >= 4 is 11.3 Å². The van der Waals surface area contributed by atoms with Crippen LogP contribution in [0, 0.1) is 13.8 Å². The van der Waals surface area contributed by atoms with E-state index in [1.54, 1.807) is 11.3 Å². The zero-order valence-corrected chi connectivity index (χ0v) is 9.91. The third-order valence-electron chi connectivity index (χ3n) is 1.98. The number of rotatable bonds is 6. The Morgan fingerprint density at radius 2 is 2.21 bits per heavy atom. The molecular weight excluding hydrogens is 196 g/mol. The van der Waals surface area contributed by atoms with E-state index in [1.807, 2.05) is 6.92 Å². The first-order chi connectivity index (χ1) is 6.74. The van der Waals surface area contributed by atoms with Crippen molar-refractivity contribution in [2.24, 2.45) is 0 Å². The Hall–Kier alpha value is -0.450. The van der Waals surface area contributed by atoms with Gasteiger partial charge in [-0.05, 0) is 20.8 Å². The lowest BCUT2D eigenvalue weighted by atomic mass is 10.4. The van der Waals surface area contributed by atoms with Crippen LogP contribution < -0.4 is 5.32 Å². The first-order valence-electron chi connectivity index (χ1n) is 4.95. The van der Waals surface area contributed by atoms with Crippen molar-refractivity contribution in [3.05, 3.63) is 15.6 Å². The first-order valence-corrected chi connectivity index (χ1v) is 5.77. The Morgan fingerprint density at radius 3 is 2.79 bits per heavy atom. The second-order valence-electron chi connectivity index (χ2n) is 3.12. The highest BCUT2D eigenvalue weighted by atomic mass is 32.1. The maximum Gasteiger partial charge on any atom is 0.107 e. The lowest BCUT2D eigenvalue weighted by Crippen LogP contribution is -2.19. The van der Waals surface area contributed by atoms with Crippen LogP contribution in [0.4, 0.5) is 0 Å². The van der Waals surface area contributed by atoms with Crippen molar-refractivity contribution in [3.63, 3.8) is 0 Å². The van der Waals surface area contributed by atoms with Gasteiger partial charge < -0.3 is 10.1 Å². The van der Waals surface area contributed by atoms with Crippen LogP contribution in [0.25, 0.3) is 0 Å². The van der Waals surface area contributed by atoms with E-state index in [2.05, 4.69) is 24.1 Å². The summed E-state index contributed by atoms with van der Waals surface area (Å²) < 4.78 is 5.22. The summed E-state index contributed by atoms with van der Waals surface area (Å²) in [5.74, 6) is 0. The fourth-order valence-corrected chi connectivity index (χ4v) is 2.00. The Bertz CT molecular complexity index is 254. The predicted octanol–water partition coefficient (Wildman–Crippen LogP) is 1.89. The van der Waals surface area contributed by atoms with Crippen molar-refractivity contribution in [2.45, 2.75) is 27.3 Å². The fraction of sp³-hybridized carbons (Fsp3) is 0.700. The number of aromatic nitrogens is 1. The summed E-state index contributed by atoms with van der Waals surface area (Å²) in [6.45, 7) is 9.48. The Morgan fingerprint density at radius 1 is 1.43 bits per heavy atom. The van der Waals surface area contributed by atoms with Gasteiger partial charge in [0.1, 0.15) is 5.01 Å². The molecule has 1 N–H and O–H groups in total. The van der Waals surface area contributed by atoms with Crippen molar-refractivity contribution in [1.82, 2.24) is 10.3 Å². The molecular formula is C10H18N2OS. The van der Waals surface area contributed by atoms with Gasteiger partial charge >= 0.3 is 0 Å². The molecule has 1 heterocycles. The van der Waals surface area contributed by atoms with E-state index in [0.717, 1.165) is 37.0 Å². The molecule has 0 aliphatic rings. The zero-order chi connectivity index (χ0) is 10.4. The quantitative estimate of drug-likeness (QED) is 0.734. The molecule has 1 rings (SSSR count). The van der Waals surface area contributed by atoms with Crippen LogP contribution in [0.1, 0.15) is 22.5 Å². The molecule has 3 nitrogen and oxygen atoms in total. The van der Waals surface area contributed by atoms with Crippen molar-refractivity contribution in [3.8, 4) is 0 Å². The summed E-state index contributed by atoms with van der Waals surface area (Å²) in [7, 11) is 0. The lowest BCUT2D eigenvalue weighted by Gasteiger charge is -2.01. The molecule has 0 radical (unpaired) electrons. The summed E-state index contributed by atoms with van der Waals surface area (Å²) in [6.07, 6.45) is 0. The number of ether oxygens (including phenoxy) is 1. The van der Waals surface area contributed by atoms with E-state index in [0.29, 0.717) is 0 Å². The van der Waals surface area contributed by atoms with Crippen LogP contribution in [0.5, 0.6) is 0 Å². The molecule has 0 aromatic carbocycles. The predicted molar refractivity (Wildman–Crippen MR) is 59.8 cm³/mol. The van der Waals surface area contributed by atoms with Crippen LogP contribution in [0.3, 0.4) is 0 Å². The van der Waals surface area contributed by atoms with Crippen LogP contribution in [-0.4, -0.2) is 24.7 Å². The van der Waals surface area contributed by atoms with Gasteiger partial charge in [-0.15, -0.1) is 11.3 Å². The number of thiazole rings is 1. The standard InChI is InChI=1S/C10H18N2OS/c1-4-13-6-5-11-7-10-12-8(2)9(3)14-10/h11H,4-7H2,1-3H3. The van der Waals surface area contributed by atoms with E-state index in [9.17, 15) is 0 Å². The Kier molecular flexibility index (Phi) is 5.07. The fourth-order valence-electron chi connectivity index (χ4n) is 1.10. The van der Waals surface area contributed by atoms with Crippen molar-refractivity contribution < 1.29 is 4.74 Å². The first kappa shape index (κ1) is 11.6. The molecule has 0 atom stereocenters.